The zero-order valence-corrected chi connectivity index (χ0v) is 18.3. The smallest absolute Gasteiger partial charge is 0.243 e. The molecule has 0 saturated carbocycles. The lowest BCUT2D eigenvalue weighted by Gasteiger charge is -2.33. The second-order valence-corrected chi connectivity index (χ2v) is 9.53. The molecule has 0 aromatic heterocycles. The molecule has 3 rings (SSSR count). The number of benzene rings is 2. The van der Waals surface area contributed by atoms with Gasteiger partial charge in [-0.15, -0.1) is 0 Å². The molecular formula is C21H26F2N4O3S. The number of halogens is 2. The Kier molecular flexibility index (Phi) is 7.24. The van der Waals surface area contributed by atoms with Crippen molar-refractivity contribution in [3.8, 4) is 0 Å². The summed E-state index contributed by atoms with van der Waals surface area (Å²) >= 11 is 0. The van der Waals surface area contributed by atoms with Crippen LogP contribution in [0.25, 0.3) is 0 Å². The van der Waals surface area contributed by atoms with Crippen LogP contribution in [0.3, 0.4) is 0 Å². The zero-order valence-electron chi connectivity index (χ0n) is 17.5. The molecule has 1 amide bonds. The third kappa shape index (κ3) is 5.78. The number of piperazine rings is 1. The molecule has 168 valence electrons. The van der Waals surface area contributed by atoms with Crippen LogP contribution < -0.4 is 10.2 Å². The number of hydrogen-bond donors (Lipinski definition) is 1. The van der Waals surface area contributed by atoms with Crippen LogP contribution >= 0.6 is 0 Å². The number of rotatable bonds is 7. The fraction of sp³-hybridized carbons (Fsp3) is 0.381. The Labute approximate surface area is 181 Å². The third-order valence-corrected chi connectivity index (χ3v) is 7.06. The van der Waals surface area contributed by atoms with E-state index in [0.717, 1.165) is 23.4 Å². The van der Waals surface area contributed by atoms with Gasteiger partial charge in [0.2, 0.25) is 15.9 Å². The van der Waals surface area contributed by atoms with Crippen LogP contribution in [0.4, 0.5) is 14.5 Å². The maximum absolute atomic E-state index is 13.4. The predicted octanol–water partition coefficient (Wildman–Crippen LogP) is 1.65. The first kappa shape index (κ1) is 23.1. The van der Waals surface area contributed by atoms with Crippen molar-refractivity contribution in [1.29, 1.82) is 0 Å². The van der Waals surface area contributed by atoms with Gasteiger partial charge in [0, 0.05) is 52.5 Å². The van der Waals surface area contributed by atoms with Gasteiger partial charge in [-0.3, -0.25) is 9.69 Å². The first-order valence-corrected chi connectivity index (χ1v) is 11.3. The van der Waals surface area contributed by atoms with Gasteiger partial charge in [0.05, 0.1) is 11.4 Å². The number of nitrogens with one attached hydrogen (secondary N) is 1. The van der Waals surface area contributed by atoms with Gasteiger partial charge in [-0.25, -0.2) is 17.2 Å². The molecule has 1 saturated heterocycles. The highest BCUT2D eigenvalue weighted by atomic mass is 32.2. The maximum atomic E-state index is 13.4. The van der Waals surface area contributed by atoms with Crippen molar-refractivity contribution in [1.82, 2.24) is 14.5 Å². The second kappa shape index (κ2) is 9.71. The van der Waals surface area contributed by atoms with E-state index >= 15 is 0 Å². The average molecular weight is 453 g/mol. The lowest BCUT2D eigenvalue weighted by molar-refractivity contribution is -0.122. The van der Waals surface area contributed by atoms with Gasteiger partial charge in [0.1, 0.15) is 0 Å². The van der Waals surface area contributed by atoms with E-state index in [1.807, 2.05) is 48.2 Å². The van der Waals surface area contributed by atoms with Crippen molar-refractivity contribution in [3.05, 3.63) is 59.7 Å². The highest BCUT2D eigenvalue weighted by molar-refractivity contribution is 7.89. The molecule has 7 nitrogen and oxygen atoms in total. The monoisotopic (exact) mass is 452 g/mol. The van der Waals surface area contributed by atoms with E-state index in [2.05, 4.69) is 5.32 Å². The van der Waals surface area contributed by atoms with Gasteiger partial charge in [-0.1, -0.05) is 12.1 Å². The molecule has 2 aromatic rings. The van der Waals surface area contributed by atoms with Crippen molar-refractivity contribution >= 4 is 21.6 Å². The van der Waals surface area contributed by atoms with Gasteiger partial charge in [0.15, 0.2) is 11.6 Å². The molecule has 0 spiro atoms. The fourth-order valence-corrected chi connectivity index (χ4v) is 4.72. The minimum absolute atomic E-state index is 0.145. The van der Waals surface area contributed by atoms with Crippen LogP contribution in [0, 0.1) is 11.6 Å². The van der Waals surface area contributed by atoms with Crippen molar-refractivity contribution in [2.24, 2.45) is 0 Å². The Balaban J connectivity index is 1.48. The van der Waals surface area contributed by atoms with E-state index < -0.39 is 21.7 Å². The molecule has 1 N–H and O–H groups in total. The third-order valence-electron chi connectivity index (χ3n) is 5.17. The first-order chi connectivity index (χ1) is 14.7. The van der Waals surface area contributed by atoms with E-state index in [4.69, 9.17) is 0 Å². The van der Waals surface area contributed by atoms with Crippen molar-refractivity contribution in [2.45, 2.75) is 11.4 Å². The molecule has 10 heteroatoms. The van der Waals surface area contributed by atoms with Crippen molar-refractivity contribution < 1.29 is 22.0 Å². The molecule has 0 radical (unpaired) electrons. The van der Waals surface area contributed by atoms with Gasteiger partial charge in [0.25, 0.3) is 0 Å². The highest BCUT2D eigenvalue weighted by Crippen LogP contribution is 2.20. The zero-order chi connectivity index (χ0) is 22.6. The Bertz CT molecular complexity index is 1020. The molecular weight excluding hydrogens is 426 g/mol. The SMILES string of the molecule is CN(C)c1ccc(CNC(=O)CN2CCN(S(=O)(=O)c3ccc(F)c(F)c3)CC2)cc1. The Morgan fingerprint density at radius 2 is 1.65 bits per heavy atom. The van der Waals surface area contributed by atoms with Gasteiger partial charge in [-0.2, -0.15) is 4.31 Å². The molecule has 2 aromatic carbocycles. The Hall–Kier alpha value is -2.56. The van der Waals surface area contributed by atoms with Crippen molar-refractivity contribution in [3.63, 3.8) is 0 Å². The maximum Gasteiger partial charge on any atom is 0.243 e. The first-order valence-electron chi connectivity index (χ1n) is 9.87. The molecule has 1 fully saturated rings. The van der Waals surface area contributed by atoms with Crippen LogP contribution in [0.15, 0.2) is 47.4 Å². The summed E-state index contributed by atoms with van der Waals surface area (Å²) in [5, 5.41) is 2.87. The number of anilines is 1. The summed E-state index contributed by atoms with van der Waals surface area (Å²) in [6.07, 6.45) is 0. The largest absolute Gasteiger partial charge is 0.378 e. The van der Waals surface area contributed by atoms with Crippen LogP contribution in [-0.4, -0.2) is 70.3 Å². The summed E-state index contributed by atoms with van der Waals surface area (Å²) in [4.78, 5) is 15.8. The summed E-state index contributed by atoms with van der Waals surface area (Å²) in [6, 6.07) is 10.4. The number of sulfonamides is 1. The summed E-state index contributed by atoms with van der Waals surface area (Å²) in [5.74, 6) is -2.44. The van der Waals surface area contributed by atoms with Crippen LogP contribution in [-0.2, 0) is 21.4 Å². The molecule has 0 aliphatic carbocycles. The van der Waals surface area contributed by atoms with E-state index in [-0.39, 0.29) is 30.4 Å². The van der Waals surface area contributed by atoms with Crippen LogP contribution in [0.1, 0.15) is 5.56 Å². The normalized spacial score (nSPS) is 15.6. The van der Waals surface area contributed by atoms with Crippen LogP contribution in [0.2, 0.25) is 0 Å². The van der Waals surface area contributed by atoms with E-state index in [1.165, 1.54) is 4.31 Å². The molecule has 0 bridgehead atoms. The quantitative estimate of drug-likeness (QED) is 0.692. The highest BCUT2D eigenvalue weighted by Gasteiger charge is 2.29. The number of hydrogen-bond acceptors (Lipinski definition) is 5. The second-order valence-electron chi connectivity index (χ2n) is 7.59. The molecule has 0 unspecified atom stereocenters. The van der Waals surface area contributed by atoms with Crippen molar-refractivity contribution in [2.75, 3.05) is 51.7 Å². The number of nitrogens with zero attached hydrogens (tertiary/aromatic N) is 3. The summed E-state index contributed by atoms with van der Waals surface area (Å²) < 4.78 is 53.0. The lowest BCUT2D eigenvalue weighted by Crippen LogP contribution is -2.51. The number of carbonyl (C=O) groups excluding carboxylic acids is 1. The molecule has 1 heterocycles. The van der Waals surface area contributed by atoms with Gasteiger partial charge >= 0.3 is 0 Å². The van der Waals surface area contributed by atoms with E-state index in [1.54, 1.807) is 0 Å². The van der Waals surface area contributed by atoms with Gasteiger partial charge < -0.3 is 10.2 Å². The minimum Gasteiger partial charge on any atom is -0.378 e. The standard InChI is InChI=1S/C21H26F2N4O3S/c1-25(2)17-5-3-16(4-6-17)14-24-21(28)15-26-9-11-27(12-10-26)31(29,30)18-7-8-19(22)20(23)13-18/h3-8,13H,9-12,14-15H2,1-2H3,(H,24,28). The molecule has 1 aliphatic heterocycles. The Morgan fingerprint density at radius 1 is 1.00 bits per heavy atom. The Morgan fingerprint density at radius 3 is 2.23 bits per heavy atom. The summed E-state index contributed by atoms with van der Waals surface area (Å²) in [6.45, 7) is 1.65. The molecule has 1 aliphatic rings. The molecule has 31 heavy (non-hydrogen) atoms. The minimum atomic E-state index is -3.91. The van der Waals surface area contributed by atoms with E-state index in [9.17, 15) is 22.0 Å². The van der Waals surface area contributed by atoms with Gasteiger partial charge in [-0.05, 0) is 35.9 Å². The number of amides is 1. The topological polar surface area (TPSA) is 73.0 Å². The fourth-order valence-electron chi connectivity index (χ4n) is 3.29. The average Bonchev–Trinajstić information content (AvgIpc) is 2.75. The molecule has 0 atom stereocenters. The van der Waals surface area contributed by atoms with E-state index in [0.29, 0.717) is 25.7 Å². The number of carbonyl (C=O) groups is 1. The van der Waals surface area contributed by atoms with Crippen LogP contribution in [0.5, 0.6) is 0 Å². The summed E-state index contributed by atoms with van der Waals surface area (Å²) in [5.41, 5.74) is 2.06. The lowest BCUT2D eigenvalue weighted by atomic mass is 10.2. The predicted molar refractivity (Wildman–Crippen MR) is 114 cm³/mol. The summed E-state index contributed by atoms with van der Waals surface area (Å²) in [7, 11) is 0.00292.